The van der Waals surface area contributed by atoms with Crippen LogP contribution in [0.25, 0.3) is 0 Å². The fourth-order valence-corrected chi connectivity index (χ4v) is 5.11. The molecule has 160 valence electrons. The van der Waals surface area contributed by atoms with Gasteiger partial charge < -0.3 is 9.64 Å². The molecule has 1 N–H and O–H groups in total. The highest BCUT2D eigenvalue weighted by Crippen LogP contribution is 2.48. The summed E-state index contributed by atoms with van der Waals surface area (Å²) in [6.45, 7) is 7.51. The minimum Gasteiger partial charge on any atom is -0.372 e. The van der Waals surface area contributed by atoms with Crippen molar-refractivity contribution in [2.75, 3.05) is 11.4 Å². The average Bonchev–Trinajstić information content (AvgIpc) is 2.64. The number of ether oxygens (including phenoxy) is 1. The number of carbonyl (C=O) groups excluding carboxylic acids is 3. The summed E-state index contributed by atoms with van der Waals surface area (Å²) in [5.74, 6) is -1.28. The lowest BCUT2D eigenvalue weighted by atomic mass is 9.66. The summed E-state index contributed by atoms with van der Waals surface area (Å²) in [6, 6.07) is 2.64. The van der Waals surface area contributed by atoms with E-state index in [0.29, 0.717) is 12.1 Å². The number of fused-ring (bicyclic) bond motifs is 4. The Balaban J connectivity index is 1.94. The summed E-state index contributed by atoms with van der Waals surface area (Å²) in [7, 11) is 0. The topological polar surface area (TPSA) is 122 Å². The van der Waals surface area contributed by atoms with Crippen LogP contribution in [-0.2, 0) is 20.7 Å². The first kappa shape index (κ1) is 20.3. The largest absolute Gasteiger partial charge is 0.372 e. The van der Waals surface area contributed by atoms with Crippen molar-refractivity contribution in [2.45, 2.75) is 58.4 Å². The van der Waals surface area contributed by atoms with E-state index in [4.69, 9.17) is 4.74 Å². The molecule has 1 aromatic carbocycles. The zero-order valence-electron chi connectivity index (χ0n) is 17.2. The van der Waals surface area contributed by atoms with E-state index in [1.807, 2.05) is 18.7 Å². The molecule has 30 heavy (non-hydrogen) atoms. The number of benzene rings is 1. The van der Waals surface area contributed by atoms with E-state index < -0.39 is 46.4 Å². The second-order valence-corrected chi connectivity index (χ2v) is 8.50. The third-order valence-electron chi connectivity index (χ3n) is 6.20. The van der Waals surface area contributed by atoms with Gasteiger partial charge in [0, 0.05) is 36.8 Å². The Hall–Kier alpha value is -3.01. The van der Waals surface area contributed by atoms with Crippen LogP contribution in [0.15, 0.2) is 18.2 Å². The fourth-order valence-electron chi connectivity index (χ4n) is 5.11. The van der Waals surface area contributed by atoms with Crippen molar-refractivity contribution in [3.8, 4) is 0 Å². The summed E-state index contributed by atoms with van der Waals surface area (Å²) >= 11 is 0. The number of imide groups is 2. The molecular weight excluding hydrogens is 392 g/mol. The number of non-ortho nitro benzene ring substituents is 1. The molecule has 10 nitrogen and oxygen atoms in total. The van der Waals surface area contributed by atoms with Gasteiger partial charge in [-0.1, -0.05) is 0 Å². The molecule has 2 fully saturated rings. The number of hydrogen-bond donors (Lipinski definition) is 1. The Morgan fingerprint density at radius 3 is 2.60 bits per heavy atom. The molecule has 1 spiro atoms. The van der Waals surface area contributed by atoms with Gasteiger partial charge in [0.2, 0.25) is 11.8 Å². The summed E-state index contributed by atoms with van der Waals surface area (Å²) in [5, 5.41) is 13.7. The number of nitrogens with zero attached hydrogens (tertiary/aromatic N) is 3. The highest BCUT2D eigenvalue weighted by Gasteiger charge is 2.64. The molecule has 4 atom stereocenters. The van der Waals surface area contributed by atoms with Gasteiger partial charge in [-0.2, -0.15) is 0 Å². The highest BCUT2D eigenvalue weighted by atomic mass is 16.6. The van der Waals surface area contributed by atoms with Crippen molar-refractivity contribution < 1.29 is 24.0 Å². The number of morpholine rings is 1. The zero-order chi connectivity index (χ0) is 22.0. The highest BCUT2D eigenvalue weighted by molar-refractivity contribution is 6.20. The van der Waals surface area contributed by atoms with Crippen LogP contribution in [0.5, 0.6) is 0 Å². The van der Waals surface area contributed by atoms with Gasteiger partial charge in [-0.05, 0) is 39.3 Å². The molecule has 4 amide bonds. The van der Waals surface area contributed by atoms with Crippen LogP contribution in [-0.4, -0.2) is 58.5 Å². The molecule has 10 heteroatoms. The van der Waals surface area contributed by atoms with Gasteiger partial charge in [-0.25, -0.2) is 4.79 Å². The lowest BCUT2D eigenvalue weighted by Crippen LogP contribution is -2.76. The van der Waals surface area contributed by atoms with Crippen molar-refractivity contribution in [2.24, 2.45) is 5.41 Å². The summed E-state index contributed by atoms with van der Waals surface area (Å²) in [6.07, 6.45) is -0.693. The van der Waals surface area contributed by atoms with Gasteiger partial charge in [-0.15, -0.1) is 0 Å². The van der Waals surface area contributed by atoms with E-state index in [-0.39, 0.29) is 18.2 Å². The number of nitro benzene ring substituents is 1. The maximum absolute atomic E-state index is 13.7. The lowest BCUT2D eigenvalue weighted by molar-refractivity contribution is -0.384. The molecule has 4 rings (SSSR count). The first-order valence-corrected chi connectivity index (χ1v) is 9.96. The fraction of sp³-hybridized carbons (Fsp3) is 0.550. The number of nitro groups is 1. The summed E-state index contributed by atoms with van der Waals surface area (Å²) < 4.78 is 5.99. The minimum absolute atomic E-state index is 0.0472. The van der Waals surface area contributed by atoms with E-state index in [1.165, 1.54) is 12.1 Å². The van der Waals surface area contributed by atoms with Crippen LogP contribution in [0.4, 0.5) is 16.2 Å². The molecule has 2 saturated heterocycles. The number of nitrogens with one attached hydrogen (secondary N) is 1. The predicted molar refractivity (Wildman–Crippen MR) is 106 cm³/mol. The van der Waals surface area contributed by atoms with Crippen molar-refractivity contribution in [3.63, 3.8) is 0 Å². The molecule has 3 heterocycles. The van der Waals surface area contributed by atoms with Crippen LogP contribution in [0.3, 0.4) is 0 Å². The smallest absolute Gasteiger partial charge is 0.331 e. The normalized spacial score (nSPS) is 31.0. The minimum atomic E-state index is -1.63. The number of hydrogen-bond acceptors (Lipinski definition) is 7. The predicted octanol–water partition coefficient (Wildman–Crippen LogP) is 1.61. The number of anilines is 1. The van der Waals surface area contributed by atoms with Gasteiger partial charge in [0.05, 0.1) is 23.2 Å². The van der Waals surface area contributed by atoms with E-state index in [2.05, 4.69) is 5.32 Å². The molecule has 3 aliphatic heterocycles. The SMILES string of the molecule is CC(C)N1C(=O)NC(=O)[C@]2(Cc3cc([N+](=O)[O-])ccc3N3C[C@@H](C)O[C@@H](C)[C@H]32)C1=O. The second kappa shape index (κ2) is 6.76. The molecule has 0 aliphatic carbocycles. The Morgan fingerprint density at radius 1 is 1.27 bits per heavy atom. The van der Waals surface area contributed by atoms with Gasteiger partial charge >= 0.3 is 6.03 Å². The van der Waals surface area contributed by atoms with Crippen LogP contribution in [0, 0.1) is 15.5 Å². The van der Waals surface area contributed by atoms with Gasteiger partial charge in [0.15, 0.2) is 5.41 Å². The van der Waals surface area contributed by atoms with Crippen molar-refractivity contribution >= 4 is 29.2 Å². The maximum Gasteiger partial charge on any atom is 0.331 e. The van der Waals surface area contributed by atoms with E-state index in [0.717, 1.165) is 10.6 Å². The number of barbiturate groups is 1. The van der Waals surface area contributed by atoms with Crippen LogP contribution < -0.4 is 10.2 Å². The quantitative estimate of drug-likeness (QED) is 0.441. The van der Waals surface area contributed by atoms with Gasteiger partial charge in [-0.3, -0.25) is 29.9 Å². The number of amides is 4. The Morgan fingerprint density at radius 2 is 1.97 bits per heavy atom. The first-order chi connectivity index (χ1) is 14.1. The van der Waals surface area contributed by atoms with E-state index >= 15 is 0 Å². The van der Waals surface area contributed by atoms with Crippen LogP contribution >= 0.6 is 0 Å². The standard InChI is InChI=1S/C20H24N4O6/c1-10(2)23-18(26)20(17(25)21-19(23)27)8-13-7-14(24(28)29)5-6-15(13)22-9-11(3)30-12(4)16(20)22/h5-7,10-12,16H,8-9H2,1-4H3,(H,21,25,27)/t11-,12+,16+,20-/m1/s1. The molecule has 0 aromatic heterocycles. The third kappa shape index (κ3) is 2.70. The molecule has 0 unspecified atom stereocenters. The van der Waals surface area contributed by atoms with Crippen molar-refractivity contribution in [3.05, 3.63) is 33.9 Å². The van der Waals surface area contributed by atoms with Gasteiger partial charge in [0.1, 0.15) is 0 Å². The molecular formula is C20H24N4O6. The van der Waals surface area contributed by atoms with Crippen molar-refractivity contribution in [1.29, 1.82) is 0 Å². The Kier molecular flexibility index (Phi) is 4.57. The first-order valence-electron chi connectivity index (χ1n) is 9.96. The van der Waals surface area contributed by atoms with Crippen LogP contribution in [0.1, 0.15) is 33.3 Å². The van der Waals surface area contributed by atoms with Crippen molar-refractivity contribution in [1.82, 2.24) is 10.2 Å². The Bertz CT molecular complexity index is 963. The summed E-state index contributed by atoms with van der Waals surface area (Å²) in [4.78, 5) is 53.2. The molecule has 0 saturated carbocycles. The molecule has 0 bridgehead atoms. The van der Waals surface area contributed by atoms with E-state index in [1.54, 1.807) is 19.9 Å². The second-order valence-electron chi connectivity index (χ2n) is 8.50. The van der Waals surface area contributed by atoms with Gasteiger partial charge in [0.25, 0.3) is 5.69 Å². The number of urea groups is 1. The molecule has 1 aromatic rings. The molecule has 0 radical (unpaired) electrons. The monoisotopic (exact) mass is 416 g/mol. The summed E-state index contributed by atoms with van der Waals surface area (Å²) in [5.41, 5.74) is -0.466. The Labute approximate surface area is 173 Å². The molecule has 3 aliphatic rings. The van der Waals surface area contributed by atoms with Crippen LogP contribution in [0.2, 0.25) is 0 Å². The third-order valence-corrected chi connectivity index (χ3v) is 6.20. The number of rotatable bonds is 2. The average molecular weight is 416 g/mol. The zero-order valence-corrected chi connectivity index (χ0v) is 17.2. The lowest BCUT2D eigenvalue weighted by Gasteiger charge is -2.56. The number of carbonyl (C=O) groups is 3. The maximum atomic E-state index is 13.7. The van der Waals surface area contributed by atoms with E-state index in [9.17, 15) is 24.5 Å².